The van der Waals surface area contributed by atoms with Gasteiger partial charge in [-0.1, -0.05) is 29.8 Å². The molecule has 0 radical (unpaired) electrons. The maximum Gasteiger partial charge on any atom is 0.247 e. The molecule has 3 aromatic rings. The molecule has 1 aromatic heterocycles. The van der Waals surface area contributed by atoms with Crippen LogP contribution in [0.2, 0.25) is 5.02 Å². The lowest BCUT2D eigenvalue weighted by Crippen LogP contribution is -2.25. The molecule has 0 saturated carbocycles. The summed E-state index contributed by atoms with van der Waals surface area (Å²) in [6.07, 6.45) is 2.71. The maximum atomic E-state index is 12.5. The summed E-state index contributed by atoms with van der Waals surface area (Å²) in [5.41, 5.74) is 4.65. The molecule has 0 bridgehead atoms. The van der Waals surface area contributed by atoms with Crippen molar-refractivity contribution in [3.05, 3.63) is 64.9 Å². The largest absolute Gasteiger partial charge is 0.345 e. The number of benzene rings is 2. The minimum atomic E-state index is -0.00843. The Bertz CT molecular complexity index is 947. The molecule has 120 valence electrons. The first-order chi connectivity index (χ1) is 11.7. The van der Waals surface area contributed by atoms with E-state index in [-0.39, 0.29) is 5.91 Å². The minimum Gasteiger partial charge on any atom is -0.345 e. The van der Waals surface area contributed by atoms with E-state index in [2.05, 4.69) is 15.1 Å². The fourth-order valence-electron chi connectivity index (χ4n) is 2.87. The number of halogens is 1. The number of hydrogen-bond acceptors (Lipinski definition) is 3. The average Bonchev–Trinajstić information content (AvgIpc) is 3.24. The summed E-state index contributed by atoms with van der Waals surface area (Å²) in [5, 5.41) is 6.69. The number of hydrazone groups is 1. The number of carbonyl (C=O) groups is 1. The zero-order valence-corrected chi connectivity index (χ0v) is 13.6. The SMILES string of the molecule is O=C(Cc1ccc2nc[nH]c2c1)N1CCC(c2cccc(Cl)c2)=N1. The van der Waals surface area contributed by atoms with Gasteiger partial charge in [0.15, 0.2) is 0 Å². The molecule has 4 rings (SSSR count). The van der Waals surface area contributed by atoms with E-state index in [1.807, 2.05) is 42.5 Å². The second kappa shape index (κ2) is 6.09. The zero-order valence-electron chi connectivity index (χ0n) is 12.9. The van der Waals surface area contributed by atoms with E-state index >= 15 is 0 Å². The van der Waals surface area contributed by atoms with Gasteiger partial charge in [0.1, 0.15) is 0 Å². The van der Waals surface area contributed by atoms with Crippen molar-refractivity contribution >= 4 is 34.3 Å². The van der Waals surface area contributed by atoms with Crippen molar-refractivity contribution < 1.29 is 4.79 Å². The highest BCUT2D eigenvalue weighted by atomic mass is 35.5. The van der Waals surface area contributed by atoms with Gasteiger partial charge >= 0.3 is 0 Å². The second-order valence-electron chi connectivity index (χ2n) is 5.75. The van der Waals surface area contributed by atoms with E-state index in [0.717, 1.165) is 34.3 Å². The molecule has 24 heavy (non-hydrogen) atoms. The van der Waals surface area contributed by atoms with Crippen molar-refractivity contribution in [1.82, 2.24) is 15.0 Å². The number of imidazole rings is 1. The van der Waals surface area contributed by atoms with E-state index in [0.29, 0.717) is 18.0 Å². The Labute approximate surface area is 144 Å². The van der Waals surface area contributed by atoms with Gasteiger partial charge in [0, 0.05) is 11.4 Å². The first-order valence-electron chi connectivity index (χ1n) is 7.75. The van der Waals surface area contributed by atoms with Gasteiger partial charge in [0.25, 0.3) is 0 Å². The number of aromatic amines is 1. The molecule has 0 spiro atoms. The molecular formula is C18H15ClN4O. The van der Waals surface area contributed by atoms with E-state index in [1.54, 1.807) is 11.3 Å². The molecule has 1 aliphatic rings. The van der Waals surface area contributed by atoms with E-state index in [4.69, 9.17) is 11.6 Å². The number of fused-ring (bicyclic) bond motifs is 1. The van der Waals surface area contributed by atoms with E-state index < -0.39 is 0 Å². The number of hydrogen-bond donors (Lipinski definition) is 1. The van der Waals surface area contributed by atoms with Crippen molar-refractivity contribution in [2.24, 2.45) is 5.10 Å². The fourth-order valence-corrected chi connectivity index (χ4v) is 3.06. The summed E-state index contributed by atoms with van der Waals surface area (Å²) in [6.45, 7) is 0.604. The van der Waals surface area contributed by atoms with Crippen molar-refractivity contribution in [2.75, 3.05) is 6.54 Å². The van der Waals surface area contributed by atoms with Gasteiger partial charge in [-0.15, -0.1) is 0 Å². The monoisotopic (exact) mass is 338 g/mol. The predicted molar refractivity (Wildman–Crippen MR) is 94.1 cm³/mol. The van der Waals surface area contributed by atoms with Crippen LogP contribution in [0.5, 0.6) is 0 Å². The van der Waals surface area contributed by atoms with Crippen molar-refractivity contribution in [3.8, 4) is 0 Å². The Morgan fingerprint density at radius 2 is 2.17 bits per heavy atom. The van der Waals surface area contributed by atoms with Crippen LogP contribution in [-0.2, 0) is 11.2 Å². The molecule has 0 fully saturated rings. The Morgan fingerprint density at radius 1 is 1.25 bits per heavy atom. The number of nitrogens with one attached hydrogen (secondary N) is 1. The fraction of sp³-hybridized carbons (Fsp3) is 0.167. The number of amides is 1. The lowest BCUT2D eigenvalue weighted by atomic mass is 10.1. The second-order valence-corrected chi connectivity index (χ2v) is 6.19. The summed E-state index contributed by atoms with van der Waals surface area (Å²) in [4.78, 5) is 19.7. The third-order valence-corrected chi connectivity index (χ3v) is 4.32. The maximum absolute atomic E-state index is 12.5. The molecule has 0 atom stereocenters. The van der Waals surface area contributed by atoms with Crippen molar-refractivity contribution in [3.63, 3.8) is 0 Å². The van der Waals surface area contributed by atoms with Crippen LogP contribution in [0, 0.1) is 0 Å². The molecule has 6 heteroatoms. The molecule has 2 aromatic carbocycles. The van der Waals surface area contributed by atoms with Gasteiger partial charge in [-0.2, -0.15) is 5.10 Å². The molecule has 1 N–H and O–H groups in total. The van der Waals surface area contributed by atoms with Gasteiger partial charge in [-0.25, -0.2) is 9.99 Å². The van der Waals surface area contributed by atoms with Gasteiger partial charge in [0.05, 0.1) is 36.0 Å². The normalized spacial score (nSPS) is 14.2. The molecule has 0 saturated heterocycles. The Kier molecular flexibility index (Phi) is 3.78. The number of nitrogens with zero attached hydrogens (tertiary/aromatic N) is 3. The Balaban J connectivity index is 1.50. The summed E-state index contributed by atoms with van der Waals surface area (Å²) in [7, 11) is 0. The van der Waals surface area contributed by atoms with E-state index in [1.165, 1.54) is 0 Å². The first kappa shape index (κ1) is 14.9. The lowest BCUT2D eigenvalue weighted by Gasteiger charge is -2.11. The van der Waals surface area contributed by atoms with Crippen LogP contribution < -0.4 is 0 Å². The zero-order chi connectivity index (χ0) is 16.5. The Morgan fingerprint density at radius 3 is 3.04 bits per heavy atom. The first-order valence-corrected chi connectivity index (χ1v) is 8.13. The smallest absolute Gasteiger partial charge is 0.247 e. The highest BCUT2D eigenvalue weighted by Gasteiger charge is 2.21. The minimum absolute atomic E-state index is 0.00843. The number of rotatable bonds is 3. The molecule has 1 aliphatic heterocycles. The van der Waals surface area contributed by atoms with Crippen LogP contribution in [0.15, 0.2) is 53.9 Å². The molecule has 5 nitrogen and oxygen atoms in total. The van der Waals surface area contributed by atoms with Gasteiger partial charge < -0.3 is 4.98 Å². The molecule has 0 unspecified atom stereocenters. The van der Waals surface area contributed by atoms with Crippen molar-refractivity contribution in [1.29, 1.82) is 0 Å². The Hall–Kier alpha value is -2.66. The predicted octanol–water partition coefficient (Wildman–Crippen LogP) is 3.40. The van der Waals surface area contributed by atoms with Gasteiger partial charge in [0.2, 0.25) is 5.91 Å². The standard InChI is InChI=1S/C18H15ClN4O/c19-14-3-1-2-13(10-14)15-6-7-23(22-15)18(24)9-12-4-5-16-17(8-12)21-11-20-16/h1-5,8,10-11H,6-7,9H2,(H,20,21). The van der Waals surface area contributed by atoms with Crippen LogP contribution in [0.4, 0.5) is 0 Å². The molecule has 1 amide bonds. The number of carbonyl (C=O) groups excluding carboxylic acids is 1. The summed E-state index contributed by atoms with van der Waals surface area (Å²) >= 11 is 6.02. The number of aromatic nitrogens is 2. The van der Waals surface area contributed by atoms with Crippen LogP contribution in [0.3, 0.4) is 0 Å². The summed E-state index contributed by atoms with van der Waals surface area (Å²) in [5.74, 6) is -0.00843. The summed E-state index contributed by atoms with van der Waals surface area (Å²) < 4.78 is 0. The lowest BCUT2D eigenvalue weighted by molar-refractivity contribution is -0.130. The topological polar surface area (TPSA) is 61.4 Å². The quantitative estimate of drug-likeness (QED) is 0.795. The van der Waals surface area contributed by atoms with Gasteiger partial charge in [-0.05, 0) is 35.4 Å². The highest BCUT2D eigenvalue weighted by molar-refractivity contribution is 6.31. The van der Waals surface area contributed by atoms with Crippen molar-refractivity contribution in [2.45, 2.75) is 12.8 Å². The molecular weight excluding hydrogens is 324 g/mol. The van der Waals surface area contributed by atoms with Crippen LogP contribution in [0.25, 0.3) is 11.0 Å². The third kappa shape index (κ3) is 2.90. The third-order valence-electron chi connectivity index (χ3n) is 4.09. The summed E-state index contributed by atoms with van der Waals surface area (Å²) in [6, 6.07) is 13.4. The van der Waals surface area contributed by atoms with Crippen LogP contribution in [-0.4, -0.2) is 33.1 Å². The molecule has 0 aliphatic carbocycles. The number of H-pyrrole nitrogens is 1. The van der Waals surface area contributed by atoms with Crippen LogP contribution >= 0.6 is 11.6 Å². The molecule has 2 heterocycles. The highest BCUT2D eigenvalue weighted by Crippen LogP contribution is 2.19. The van der Waals surface area contributed by atoms with E-state index in [9.17, 15) is 4.79 Å². The average molecular weight is 339 g/mol. The van der Waals surface area contributed by atoms with Crippen LogP contribution in [0.1, 0.15) is 17.5 Å². The van der Waals surface area contributed by atoms with Gasteiger partial charge in [-0.3, -0.25) is 4.79 Å².